The molecule has 1 unspecified atom stereocenters. The molecule has 1 aliphatic rings. The van der Waals surface area contributed by atoms with Crippen molar-refractivity contribution in [3.8, 4) is 0 Å². The van der Waals surface area contributed by atoms with Crippen molar-refractivity contribution in [1.82, 2.24) is 4.90 Å². The molecular weight excluding hydrogens is 403 g/mol. The standard InChI is InChI=1S/C20H22Cl2N2O2S/c1-13-14(2)24(10-9-23(13)17-6-4-5-16(21)12-17)20(25)15-7-8-19(27(3)26)18(22)11-15/h4-8,11-14H,9-10H2,1-3H3/t13-,14-,27?/m0/s1. The van der Waals surface area contributed by atoms with Crippen LogP contribution in [0.5, 0.6) is 0 Å². The molecule has 1 fully saturated rings. The number of halogens is 2. The minimum atomic E-state index is -1.18. The van der Waals surface area contributed by atoms with Crippen molar-refractivity contribution in [3.05, 3.63) is 58.1 Å². The van der Waals surface area contributed by atoms with Crippen molar-refractivity contribution in [2.24, 2.45) is 0 Å². The van der Waals surface area contributed by atoms with E-state index in [-0.39, 0.29) is 18.0 Å². The van der Waals surface area contributed by atoms with Crippen molar-refractivity contribution in [1.29, 1.82) is 0 Å². The SMILES string of the molecule is C[C@H]1[C@H](C)N(c2cccc(Cl)c2)CCN1C(=O)c1ccc([S+](C)[O-])c(Cl)c1. The molecule has 3 atom stereocenters. The number of piperazine rings is 1. The van der Waals surface area contributed by atoms with E-state index in [0.717, 1.165) is 12.2 Å². The van der Waals surface area contributed by atoms with Gasteiger partial charge in [0.1, 0.15) is 6.26 Å². The lowest BCUT2D eigenvalue weighted by Gasteiger charge is -2.46. The quantitative estimate of drug-likeness (QED) is 0.682. The van der Waals surface area contributed by atoms with Gasteiger partial charge in [-0.25, -0.2) is 0 Å². The van der Waals surface area contributed by atoms with Gasteiger partial charge in [0.15, 0.2) is 4.90 Å². The van der Waals surface area contributed by atoms with Crippen LogP contribution in [0.1, 0.15) is 24.2 Å². The molecule has 0 saturated carbocycles. The monoisotopic (exact) mass is 424 g/mol. The Bertz CT molecular complexity index is 846. The zero-order chi connectivity index (χ0) is 19.7. The second-order valence-corrected chi connectivity index (χ2v) is 8.94. The minimum absolute atomic E-state index is 0.0176. The molecule has 1 heterocycles. The fraction of sp³-hybridized carbons (Fsp3) is 0.350. The van der Waals surface area contributed by atoms with E-state index in [9.17, 15) is 9.35 Å². The second-order valence-electron chi connectivity index (χ2n) is 6.75. The average Bonchev–Trinajstić information content (AvgIpc) is 2.63. The van der Waals surface area contributed by atoms with E-state index in [4.69, 9.17) is 23.2 Å². The summed E-state index contributed by atoms with van der Waals surface area (Å²) < 4.78 is 11.7. The molecule has 1 aliphatic heterocycles. The summed E-state index contributed by atoms with van der Waals surface area (Å²) in [6.45, 7) is 5.50. The molecular formula is C20H22Cl2N2O2S. The van der Waals surface area contributed by atoms with Crippen LogP contribution in [0.2, 0.25) is 10.0 Å². The Balaban J connectivity index is 1.79. The van der Waals surface area contributed by atoms with Gasteiger partial charge < -0.3 is 14.4 Å². The Morgan fingerprint density at radius 3 is 2.48 bits per heavy atom. The van der Waals surface area contributed by atoms with E-state index in [2.05, 4.69) is 18.7 Å². The highest BCUT2D eigenvalue weighted by atomic mass is 35.5. The number of hydrogen-bond acceptors (Lipinski definition) is 3. The zero-order valence-corrected chi connectivity index (χ0v) is 17.8. The topological polar surface area (TPSA) is 46.6 Å². The highest BCUT2D eigenvalue weighted by Crippen LogP contribution is 2.28. The number of carbonyl (C=O) groups is 1. The number of hydrogen-bond donors (Lipinski definition) is 0. The number of carbonyl (C=O) groups excluding carboxylic acids is 1. The first-order valence-electron chi connectivity index (χ1n) is 8.75. The summed E-state index contributed by atoms with van der Waals surface area (Å²) in [5, 5.41) is 1.06. The third kappa shape index (κ3) is 4.21. The first-order chi connectivity index (χ1) is 12.8. The summed E-state index contributed by atoms with van der Waals surface area (Å²) >= 11 is 11.2. The predicted octanol–water partition coefficient (Wildman–Crippen LogP) is 4.47. The van der Waals surface area contributed by atoms with Crippen LogP contribution in [0.25, 0.3) is 0 Å². The summed E-state index contributed by atoms with van der Waals surface area (Å²) in [6.07, 6.45) is 1.57. The summed E-state index contributed by atoms with van der Waals surface area (Å²) in [5.74, 6) is -0.0598. The highest BCUT2D eigenvalue weighted by molar-refractivity contribution is 7.90. The molecule has 0 radical (unpaired) electrons. The molecule has 144 valence electrons. The minimum Gasteiger partial charge on any atom is -0.612 e. The molecule has 0 aromatic heterocycles. The lowest BCUT2D eigenvalue weighted by Crippen LogP contribution is -2.59. The Hall–Kier alpha value is -1.40. The predicted molar refractivity (Wildman–Crippen MR) is 113 cm³/mol. The summed E-state index contributed by atoms with van der Waals surface area (Å²) in [5.41, 5.74) is 1.58. The molecule has 0 N–H and O–H groups in total. The number of benzene rings is 2. The smallest absolute Gasteiger partial charge is 0.254 e. The first-order valence-corrected chi connectivity index (χ1v) is 11.1. The Morgan fingerprint density at radius 2 is 1.85 bits per heavy atom. The van der Waals surface area contributed by atoms with Crippen molar-refractivity contribution in [2.75, 3.05) is 24.2 Å². The molecule has 0 spiro atoms. The van der Waals surface area contributed by atoms with Gasteiger partial charge in [-0.2, -0.15) is 0 Å². The van der Waals surface area contributed by atoms with Gasteiger partial charge in [0.2, 0.25) is 0 Å². The molecule has 27 heavy (non-hydrogen) atoms. The summed E-state index contributed by atoms with van der Waals surface area (Å²) in [6, 6.07) is 12.9. The van der Waals surface area contributed by atoms with Crippen LogP contribution in [0, 0.1) is 0 Å². The summed E-state index contributed by atoms with van der Waals surface area (Å²) in [7, 11) is 0. The van der Waals surface area contributed by atoms with Crippen molar-refractivity contribution in [3.63, 3.8) is 0 Å². The normalized spacial score (nSPS) is 21.3. The average molecular weight is 425 g/mol. The fourth-order valence-corrected chi connectivity index (χ4v) is 4.77. The van der Waals surface area contributed by atoms with Crippen LogP contribution in [0.4, 0.5) is 5.69 Å². The lowest BCUT2D eigenvalue weighted by atomic mass is 10.0. The lowest BCUT2D eigenvalue weighted by molar-refractivity contribution is 0.0634. The summed E-state index contributed by atoms with van der Waals surface area (Å²) in [4.78, 5) is 17.7. The van der Waals surface area contributed by atoms with Gasteiger partial charge >= 0.3 is 0 Å². The molecule has 0 bridgehead atoms. The molecule has 7 heteroatoms. The Morgan fingerprint density at radius 1 is 1.11 bits per heavy atom. The van der Waals surface area contributed by atoms with Crippen LogP contribution in [0.3, 0.4) is 0 Å². The Labute approximate surface area is 173 Å². The van der Waals surface area contributed by atoms with Crippen LogP contribution in [-0.2, 0) is 11.2 Å². The van der Waals surface area contributed by atoms with Crippen LogP contribution in [-0.4, -0.2) is 46.8 Å². The highest BCUT2D eigenvalue weighted by Gasteiger charge is 2.34. The molecule has 3 rings (SSSR count). The van der Waals surface area contributed by atoms with Gasteiger partial charge in [-0.05, 0) is 61.4 Å². The van der Waals surface area contributed by atoms with E-state index in [0.29, 0.717) is 27.0 Å². The van der Waals surface area contributed by atoms with E-state index in [1.807, 2.05) is 29.2 Å². The molecule has 0 aliphatic carbocycles. The van der Waals surface area contributed by atoms with Crippen LogP contribution >= 0.6 is 23.2 Å². The van der Waals surface area contributed by atoms with E-state index in [1.54, 1.807) is 24.5 Å². The number of amides is 1. The third-order valence-electron chi connectivity index (χ3n) is 5.15. The van der Waals surface area contributed by atoms with Crippen molar-refractivity contribution in [2.45, 2.75) is 30.8 Å². The zero-order valence-electron chi connectivity index (χ0n) is 15.5. The number of rotatable bonds is 3. The van der Waals surface area contributed by atoms with Crippen molar-refractivity contribution >= 4 is 46.0 Å². The maximum atomic E-state index is 13.0. The van der Waals surface area contributed by atoms with E-state index in [1.165, 1.54) is 0 Å². The molecule has 2 aromatic carbocycles. The van der Waals surface area contributed by atoms with E-state index >= 15 is 0 Å². The number of anilines is 1. The van der Waals surface area contributed by atoms with Gasteiger partial charge in [0, 0.05) is 41.4 Å². The van der Waals surface area contributed by atoms with E-state index < -0.39 is 11.2 Å². The maximum Gasteiger partial charge on any atom is 0.254 e. The van der Waals surface area contributed by atoms with Gasteiger partial charge in [-0.15, -0.1) is 0 Å². The maximum absolute atomic E-state index is 13.0. The molecule has 1 amide bonds. The molecule has 1 saturated heterocycles. The van der Waals surface area contributed by atoms with Crippen molar-refractivity contribution < 1.29 is 9.35 Å². The van der Waals surface area contributed by atoms with Gasteiger partial charge in [-0.1, -0.05) is 29.3 Å². The largest absolute Gasteiger partial charge is 0.612 e. The van der Waals surface area contributed by atoms with Gasteiger partial charge in [0.25, 0.3) is 5.91 Å². The number of nitrogens with zero attached hydrogens (tertiary/aromatic N) is 2. The van der Waals surface area contributed by atoms with Crippen LogP contribution < -0.4 is 4.90 Å². The fourth-order valence-electron chi connectivity index (χ4n) is 3.48. The first kappa shape index (κ1) is 20.3. The van der Waals surface area contributed by atoms with Gasteiger partial charge in [0.05, 0.1) is 5.02 Å². The molecule has 4 nitrogen and oxygen atoms in total. The molecule has 2 aromatic rings. The Kier molecular flexibility index (Phi) is 6.26. The van der Waals surface area contributed by atoms with Gasteiger partial charge in [-0.3, -0.25) is 4.79 Å². The third-order valence-corrected chi connectivity index (χ3v) is 6.79. The van der Waals surface area contributed by atoms with Crippen LogP contribution in [0.15, 0.2) is 47.4 Å². The second kappa shape index (κ2) is 8.31.